The van der Waals surface area contributed by atoms with Gasteiger partial charge in [0.1, 0.15) is 5.54 Å². The zero-order valence-corrected chi connectivity index (χ0v) is 10.3. The molecule has 6 nitrogen and oxygen atoms in total. The first-order chi connectivity index (χ1) is 7.77. The summed E-state index contributed by atoms with van der Waals surface area (Å²) in [6.45, 7) is 6.58. The Morgan fingerprint density at radius 1 is 1.53 bits per heavy atom. The number of amides is 1. The lowest BCUT2D eigenvalue weighted by atomic mass is 9.88. The number of hydrogen-bond donors (Lipinski definition) is 2. The van der Waals surface area contributed by atoms with E-state index in [0.717, 1.165) is 0 Å². The summed E-state index contributed by atoms with van der Waals surface area (Å²) in [7, 11) is 0. The number of rotatable bonds is 4. The molecule has 0 aliphatic carbocycles. The molecule has 1 aromatic heterocycles. The number of aryl methyl sites for hydroxylation is 1. The van der Waals surface area contributed by atoms with Crippen LogP contribution in [0.4, 0.5) is 0 Å². The average Bonchev–Trinajstić information content (AvgIpc) is 2.64. The van der Waals surface area contributed by atoms with Crippen molar-refractivity contribution in [1.82, 2.24) is 10.5 Å². The molecule has 1 aromatic rings. The van der Waals surface area contributed by atoms with Crippen LogP contribution in [0.3, 0.4) is 0 Å². The lowest BCUT2D eigenvalue weighted by Gasteiger charge is -2.29. The van der Waals surface area contributed by atoms with E-state index in [4.69, 9.17) is 9.63 Å². The topological polar surface area (TPSA) is 92.4 Å². The molecule has 0 fully saturated rings. The summed E-state index contributed by atoms with van der Waals surface area (Å²) >= 11 is 0. The van der Waals surface area contributed by atoms with Crippen LogP contribution in [0.2, 0.25) is 0 Å². The minimum Gasteiger partial charge on any atom is -0.480 e. The number of carboxylic acids is 1. The number of carbonyl (C=O) groups excluding carboxylic acids is 1. The second kappa shape index (κ2) is 4.57. The molecule has 0 saturated heterocycles. The Labute approximate surface area is 99.0 Å². The number of carbonyl (C=O) groups is 2. The van der Waals surface area contributed by atoms with E-state index in [1.54, 1.807) is 20.8 Å². The molecule has 0 unspecified atom stereocenters. The monoisotopic (exact) mass is 240 g/mol. The van der Waals surface area contributed by atoms with Crippen molar-refractivity contribution in [3.63, 3.8) is 0 Å². The Morgan fingerprint density at radius 3 is 2.47 bits per heavy atom. The third-order valence-corrected chi connectivity index (χ3v) is 2.82. The first-order valence-corrected chi connectivity index (χ1v) is 5.26. The third-order valence-electron chi connectivity index (χ3n) is 2.82. The number of aliphatic carboxylic acids is 1. The highest BCUT2D eigenvalue weighted by Gasteiger charge is 2.39. The van der Waals surface area contributed by atoms with Crippen LogP contribution in [0.25, 0.3) is 0 Å². The van der Waals surface area contributed by atoms with Gasteiger partial charge in [-0.1, -0.05) is 19.0 Å². The minimum atomic E-state index is -1.34. The van der Waals surface area contributed by atoms with Crippen LogP contribution < -0.4 is 5.32 Å². The van der Waals surface area contributed by atoms with E-state index >= 15 is 0 Å². The molecule has 0 saturated carbocycles. The van der Waals surface area contributed by atoms with Crippen LogP contribution >= 0.6 is 0 Å². The second-order valence-electron chi connectivity index (χ2n) is 4.45. The molecule has 1 heterocycles. The van der Waals surface area contributed by atoms with E-state index in [0.29, 0.717) is 5.69 Å². The highest BCUT2D eigenvalue weighted by atomic mass is 16.5. The number of nitrogens with one attached hydrogen (secondary N) is 1. The van der Waals surface area contributed by atoms with Gasteiger partial charge >= 0.3 is 5.97 Å². The van der Waals surface area contributed by atoms with E-state index in [9.17, 15) is 9.59 Å². The number of hydrogen-bond acceptors (Lipinski definition) is 4. The molecule has 6 heteroatoms. The molecule has 0 bridgehead atoms. The van der Waals surface area contributed by atoms with Gasteiger partial charge in [0.2, 0.25) is 5.76 Å². The van der Waals surface area contributed by atoms with Crippen molar-refractivity contribution >= 4 is 11.9 Å². The Hall–Kier alpha value is -1.85. The van der Waals surface area contributed by atoms with Crippen molar-refractivity contribution in [1.29, 1.82) is 0 Å². The molecule has 1 rings (SSSR count). The number of aromatic nitrogens is 1. The maximum Gasteiger partial charge on any atom is 0.329 e. The first-order valence-electron chi connectivity index (χ1n) is 5.26. The highest BCUT2D eigenvalue weighted by molar-refractivity contribution is 5.95. The average molecular weight is 240 g/mol. The van der Waals surface area contributed by atoms with E-state index in [-0.39, 0.29) is 11.7 Å². The van der Waals surface area contributed by atoms with Gasteiger partial charge in [-0.3, -0.25) is 4.79 Å². The van der Waals surface area contributed by atoms with E-state index in [2.05, 4.69) is 10.5 Å². The SMILES string of the molecule is Cc1cc(C(=O)N[C@@](C)(C(=O)O)C(C)C)on1. The molecule has 1 atom stereocenters. The summed E-state index contributed by atoms with van der Waals surface area (Å²) in [5.41, 5.74) is -0.769. The second-order valence-corrected chi connectivity index (χ2v) is 4.45. The number of nitrogens with zero attached hydrogens (tertiary/aromatic N) is 1. The summed E-state index contributed by atoms with van der Waals surface area (Å²) in [6, 6.07) is 1.46. The molecule has 0 aliphatic heterocycles. The van der Waals surface area contributed by atoms with E-state index < -0.39 is 17.4 Å². The summed E-state index contributed by atoms with van der Waals surface area (Å²) < 4.78 is 4.78. The quantitative estimate of drug-likeness (QED) is 0.825. The maximum atomic E-state index is 11.8. The van der Waals surface area contributed by atoms with Crippen LogP contribution in [0.5, 0.6) is 0 Å². The fourth-order valence-electron chi connectivity index (χ4n) is 1.21. The molecule has 0 aromatic carbocycles. The fourth-order valence-corrected chi connectivity index (χ4v) is 1.21. The Balaban J connectivity index is 2.89. The van der Waals surface area contributed by atoms with Crippen molar-refractivity contribution in [2.24, 2.45) is 5.92 Å². The predicted molar refractivity (Wildman–Crippen MR) is 59.6 cm³/mol. The van der Waals surface area contributed by atoms with E-state index in [1.807, 2.05) is 0 Å². The Morgan fingerprint density at radius 2 is 2.12 bits per heavy atom. The lowest BCUT2D eigenvalue weighted by Crippen LogP contribution is -2.55. The summed E-state index contributed by atoms with van der Waals surface area (Å²) in [5.74, 6) is -1.91. The van der Waals surface area contributed by atoms with Gasteiger partial charge < -0.3 is 14.9 Å². The summed E-state index contributed by atoms with van der Waals surface area (Å²) in [4.78, 5) is 22.9. The molecule has 17 heavy (non-hydrogen) atoms. The molecular formula is C11H16N2O4. The zero-order valence-electron chi connectivity index (χ0n) is 10.3. The molecule has 1 amide bonds. The van der Waals surface area contributed by atoms with Crippen molar-refractivity contribution in [2.75, 3.05) is 0 Å². The normalized spacial score (nSPS) is 14.4. The van der Waals surface area contributed by atoms with Gasteiger partial charge in [-0.25, -0.2) is 4.79 Å². The Kier molecular flexibility index (Phi) is 3.55. The van der Waals surface area contributed by atoms with Crippen molar-refractivity contribution in [3.8, 4) is 0 Å². The zero-order chi connectivity index (χ0) is 13.2. The molecular weight excluding hydrogens is 224 g/mol. The van der Waals surface area contributed by atoms with Gasteiger partial charge in [0.25, 0.3) is 5.91 Å². The van der Waals surface area contributed by atoms with E-state index in [1.165, 1.54) is 13.0 Å². The van der Waals surface area contributed by atoms with Crippen LogP contribution in [0.1, 0.15) is 37.0 Å². The van der Waals surface area contributed by atoms with Crippen molar-refractivity contribution < 1.29 is 19.2 Å². The molecule has 0 spiro atoms. The molecule has 0 aliphatic rings. The fraction of sp³-hybridized carbons (Fsp3) is 0.545. The highest BCUT2D eigenvalue weighted by Crippen LogP contribution is 2.17. The molecule has 0 radical (unpaired) electrons. The van der Waals surface area contributed by atoms with Crippen LogP contribution in [0.15, 0.2) is 10.6 Å². The van der Waals surface area contributed by atoms with Crippen LogP contribution in [-0.2, 0) is 4.79 Å². The van der Waals surface area contributed by atoms with Crippen molar-refractivity contribution in [3.05, 3.63) is 17.5 Å². The largest absolute Gasteiger partial charge is 0.480 e. The Bertz CT molecular complexity index is 438. The van der Waals surface area contributed by atoms with Gasteiger partial charge in [0, 0.05) is 6.07 Å². The van der Waals surface area contributed by atoms with Gasteiger partial charge in [0.05, 0.1) is 5.69 Å². The smallest absolute Gasteiger partial charge is 0.329 e. The lowest BCUT2D eigenvalue weighted by molar-refractivity contribution is -0.145. The summed E-state index contributed by atoms with van der Waals surface area (Å²) in [5, 5.41) is 15.2. The summed E-state index contributed by atoms with van der Waals surface area (Å²) in [6.07, 6.45) is 0. The van der Waals surface area contributed by atoms with Gasteiger partial charge in [0.15, 0.2) is 0 Å². The van der Waals surface area contributed by atoms with Crippen molar-refractivity contribution in [2.45, 2.75) is 33.2 Å². The van der Waals surface area contributed by atoms with Crippen LogP contribution in [0, 0.1) is 12.8 Å². The molecule has 2 N–H and O–H groups in total. The van der Waals surface area contributed by atoms with Gasteiger partial charge in [-0.15, -0.1) is 0 Å². The first kappa shape index (κ1) is 13.2. The van der Waals surface area contributed by atoms with Gasteiger partial charge in [-0.05, 0) is 19.8 Å². The maximum absolute atomic E-state index is 11.8. The van der Waals surface area contributed by atoms with Gasteiger partial charge in [-0.2, -0.15) is 0 Å². The predicted octanol–water partition coefficient (Wildman–Crippen LogP) is 1.21. The molecule has 94 valence electrons. The third kappa shape index (κ3) is 2.64. The minimum absolute atomic E-state index is 0.00984. The standard InChI is InChI=1S/C11H16N2O4/c1-6(2)11(4,10(15)16)12-9(14)8-5-7(3)13-17-8/h5-6H,1-4H3,(H,12,14)(H,15,16)/t11-/m1/s1. The van der Waals surface area contributed by atoms with Crippen LogP contribution in [-0.4, -0.2) is 27.7 Å². The number of carboxylic acid groups (broad SMARTS) is 1.